The average Bonchev–Trinajstić information content (AvgIpc) is 3.06. The molecule has 1 aliphatic heterocycles. The molecule has 1 fully saturated rings. The van der Waals surface area contributed by atoms with Crippen molar-refractivity contribution in [3.05, 3.63) is 18.0 Å². The second-order valence-corrected chi connectivity index (χ2v) is 5.51. The highest BCUT2D eigenvalue weighted by molar-refractivity contribution is 6.18. The van der Waals surface area contributed by atoms with Crippen LogP contribution in [0.1, 0.15) is 29.2 Å². The molecule has 20 heavy (non-hydrogen) atoms. The Kier molecular flexibility index (Phi) is 4.65. The molecule has 7 heteroatoms. The second-order valence-electron chi connectivity index (χ2n) is 5.13. The Morgan fingerprint density at radius 1 is 1.50 bits per heavy atom. The lowest BCUT2D eigenvalue weighted by Crippen LogP contribution is -2.29. The highest BCUT2D eigenvalue weighted by Crippen LogP contribution is 2.22. The minimum atomic E-state index is -0.0654. The van der Waals surface area contributed by atoms with E-state index in [0.29, 0.717) is 24.4 Å². The fourth-order valence-electron chi connectivity index (χ4n) is 2.33. The van der Waals surface area contributed by atoms with E-state index in [1.807, 2.05) is 4.90 Å². The molecule has 1 atom stereocenters. The van der Waals surface area contributed by atoms with E-state index in [2.05, 4.69) is 5.10 Å². The van der Waals surface area contributed by atoms with E-state index < -0.39 is 0 Å². The Morgan fingerprint density at radius 2 is 2.25 bits per heavy atom. The Bertz CT molecular complexity index is 500. The lowest BCUT2D eigenvalue weighted by atomic mass is 10.2. The molecule has 2 amide bonds. The molecule has 1 aromatic heterocycles. The van der Waals surface area contributed by atoms with Crippen LogP contribution >= 0.6 is 11.6 Å². The summed E-state index contributed by atoms with van der Waals surface area (Å²) < 4.78 is 1.78. The summed E-state index contributed by atoms with van der Waals surface area (Å²) in [6.45, 7) is 1.35. The number of halogens is 1. The fraction of sp³-hybridized carbons (Fsp3) is 0.615. The molecule has 6 nitrogen and oxygen atoms in total. The summed E-state index contributed by atoms with van der Waals surface area (Å²) in [5, 5.41) is 4.25. The van der Waals surface area contributed by atoms with Gasteiger partial charge in [-0.05, 0) is 6.42 Å². The Balaban J connectivity index is 2.00. The predicted molar refractivity (Wildman–Crippen MR) is 75.8 cm³/mol. The van der Waals surface area contributed by atoms with Crippen LogP contribution in [-0.4, -0.2) is 64.5 Å². The topological polar surface area (TPSA) is 58.4 Å². The number of likely N-dealkylation sites (tertiary alicyclic amines) is 1. The van der Waals surface area contributed by atoms with E-state index in [4.69, 9.17) is 11.6 Å². The molecule has 1 saturated heterocycles. The number of hydrogen-bond donors (Lipinski definition) is 0. The maximum absolute atomic E-state index is 11.8. The van der Waals surface area contributed by atoms with E-state index in [9.17, 15) is 9.59 Å². The molecule has 0 spiro atoms. The molecule has 1 unspecified atom stereocenters. The highest BCUT2D eigenvalue weighted by atomic mass is 35.5. The molecule has 0 aromatic carbocycles. The second kappa shape index (κ2) is 6.26. The van der Waals surface area contributed by atoms with Crippen LogP contribution in [0.3, 0.4) is 0 Å². The summed E-state index contributed by atoms with van der Waals surface area (Å²) >= 11 is 5.59. The SMILES string of the molecule is CN(C)C(=O)c1cnn(C2CCN(C(=O)CCCl)C2)c1. The lowest BCUT2D eigenvalue weighted by Gasteiger charge is -2.16. The Morgan fingerprint density at radius 3 is 2.90 bits per heavy atom. The number of rotatable bonds is 4. The number of hydrogen-bond acceptors (Lipinski definition) is 3. The smallest absolute Gasteiger partial charge is 0.256 e. The van der Waals surface area contributed by atoms with Crippen LogP contribution < -0.4 is 0 Å². The molecular formula is C13H19ClN4O2. The molecule has 0 bridgehead atoms. The van der Waals surface area contributed by atoms with Gasteiger partial charge in [-0.3, -0.25) is 14.3 Å². The van der Waals surface area contributed by atoms with E-state index in [1.54, 1.807) is 31.2 Å². The Labute approximate surface area is 123 Å². The van der Waals surface area contributed by atoms with Crippen molar-refractivity contribution in [2.24, 2.45) is 0 Å². The molecule has 1 aromatic rings. The summed E-state index contributed by atoms with van der Waals surface area (Å²) in [6.07, 6.45) is 4.55. The van der Waals surface area contributed by atoms with Gasteiger partial charge >= 0.3 is 0 Å². The minimum Gasteiger partial charge on any atom is -0.345 e. The third-order valence-electron chi connectivity index (χ3n) is 3.45. The van der Waals surface area contributed by atoms with Crippen LogP contribution in [0.2, 0.25) is 0 Å². The zero-order chi connectivity index (χ0) is 14.7. The quantitative estimate of drug-likeness (QED) is 0.779. The van der Waals surface area contributed by atoms with Gasteiger partial charge in [0.05, 0.1) is 17.8 Å². The molecule has 0 N–H and O–H groups in total. The van der Waals surface area contributed by atoms with Crippen LogP contribution in [0.4, 0.5) is 0 Å². The number of carbonyl (C=O) groups is 2. The minimum absolute atomic E-state index is 0.0654. The van der Waals surface area contributed by atoms with Crippen LogP contribution in [0, 0.1) is 0 Å². The van der Waals surface area contributed by atoms with E-state index in [-0.39, 0.29) is 17.9 Å². The molecule has 0 radical (unpaired) electrons. The molecule has 0 aliphatic carbocycles. The summed E-state index contributed by atoms with van der Waals surface area (Å²) in [6, 6.07) is 0.137. The number of aromatic nitrogens is 2. The first-order valence-electron chi connectivity index (χ1n) is 6.62. The highest BCUT2D eigenvalue weighted by Gasteiger charge is 2.27. The molecular weight excluding hydrogens is 280 g/mol. The van der Waals surface area contributed by atoms with Gasteiger partial charge in [0.15, 0.2) is 0 Å². The van der Waals surface area contributed by atoms with Crippen molar-refractivity contribution >= 4 is 23.4 Å². The molecule has 2 heterocycles. The van der Waals surface area contributed by atoms with Crippen LogP contribution in [0.25, 0.3) is 0 Å². The predicted octanol–water partition coefficient (Wildman–Crippen LogP) is 0.987. The largest absolute Gasteiger partial charge is 0.345 e. The van der Waals surface area contributed by atoms with Gasteiger partial charge in [0.1, 0.15) is 0 Å². The first kappa shape index (κ1) is 14.8. The third kappa shape index (κ3) is 3.12. The van der Waals surface area contributed by atoms with Crippen LogP contribution in [0.15, 0.2) is 12.4 Å². The maximum Gasteiger partial charge on any atom is 0.256 e. The summed E-state index contributed by atoms with van der Waals surface area (Å²) in [5.74, 6) is 0.368. The van der Waals surface area contributed by atoms with Gasteiger partial charge < -0.3 is 9.80 Å². The van der Waals surface area contributed by atoms with Gasteiger partial charge in [0.2, 0.25) is 5.91 Å². The van der Waals surface area contributed by atoms with Crippen molar-refractivity contribution in [1.82, 2.24) is 19.6 Å². The fourth-order valence-corrected chi connectivity index (χ4v) is 2.49. The maximum atomic E-state index is 11.8. The standard InChI is InChI=1S/C13H19ClN4O2/c1-16(2)13(20)10-7-15-18(8-10)11-4-6-17(9-11)12(19)3-5-14/h7-8,11H,3-6,9H2,1-2H3. The number of alkyl halides is 1. The first-order chi connectivity index (χ1) is 9.52. The van der Waals surface area contributed by atoms with E-state index >= 15 is 0 Å². The van der Waals surface area contributed by atoms with Gasteiger partial charge in [0, 0.05) is 45.7 Å². The normalized spacial score (nSPS) is 18.4. The summed E-state index contributed by atoms with van der Waals surface area (Å²) in [5.41, 5.74) is 0.570. The molecule has 1 aliphatic rings. The van der Waals surface area contributed by atoms with Crippen LogP contribution in [0.5, 0.6) is 0 Å². The lowest BCUT2D eigenvalue weighted by molar-refractivity contribution is -0.129. The van der Waals surface area contributed by atoms with Gasteiger partial charge in [-0.25, -0.2) is 0 Å². The van der Waals surface area contributed by atoms with Crippen molar-refractivity contribution in [1.29, 1.82) is 0 Å². The molecule has 110 valence electrons. The van der Waals surface area contributed by atoms with Gasteiger partial charge in [-0.2, -0.15) is 5.10 Å². The summed E-state index contributed by atoms with van der Waals surface area (Å²) in [4.78, 5) is 26.9. The number of nitrogens with zero attached hydrogens (tertiary/aromatic N) is 4. The van der Waals surface area contributed by atoms with Crippen molar-refractivity contribution < 1.29 is 9.59 Å². The van der Waals surface area contributed by atoms with Crippen LogP contribution in [-0.2, 0) is 4.79 Å². The van der Waals surface area contributed by atoms with E-state index in [0.717, 1.165) is 13.0 Å². The van der Waals surface area contributed by atoms with Gasteiger partial charge in [-0.1, -0.05) is 0 Å². The number of carbonyl (C=O) groups excluding carboxylic acids is 2. The number of amides is 2. The zero-order valence-corrected chi connectivity index (χ0v) is 12.5. The van der Waals surface area contributed by atoms with Crippen molar-refractivity contribution in [3.63, 3.8) is 0 Å². The monoisotopic (exact) mass is 298 g/mol. The van der Waals surface area contributed by atoms with Gasteiger partial charge in [-0.15, -0.1) is 11.6 Å². The van der Waals surface area contributed by atoms with Gasteiger partial charge in [0.25, 0.3) is 5.91 Å². The van der Waals surface area contributed by atoms with E-state index in [1.165, 1.54) is 4.90 Å². The summed E-state index contributed by atoms with van der Waals surface area (Å²) in [7, 11) is 3.42. The molecule has 0 saturated carbocycles. The van der Waals surface area contributed by atoms with Crippen molar-refractivity contribution in [3.8, 4) is 0 Å². The molecule has 2 rings (SSSR count). The van der Waals surface area contributed by atoms with Crippen molar-refractivity contribution in [2.45, 2.75) is 18.9 Å². The first-order valence-corrected chi connectivity index (χ1v) is 7.16. The zero-order valence-electron chi connectivity index (χ0n) is 11.8. The van der Waals surface area contributed by atoms with Crippen molar-refractivity contribution in [2.75, 3.05) is 33.1 Å². The average molecular weight is 299 g/mol. The Hall–Kier alpha value is -1.56. The third-order valence-corrected chi connectivity index (χ3v) is 3.64.